The molecule has 172 valence electrons. The lowest BCUT2D eigenvalue weighted by Gasteiger charge is -2.32. The maximum absolute atomic E-state index is 11.6. The highest BCUT2D eigenvalue weighted by Crippen LogP contribution is 2.38. The van der Waals surface area contributed by atoms with Crippen LogP contribution in [0.2, 0.25) is 0 Å². The second-order valence-electron chi connectivity index (χ2n) is 8.62. The Hall–Kier alpha value is -2.04. The Balaban J connectivity index is 0.00000480. The fraction of sp³-hybridized carbons (Fsp3) is 0.500. The molecule has 2 N–H and O–H groups in total. The van der Waals surface area contributed by atoms with Gasteiger partial charge in [0.1, 0.15) is 5.75 Å². The van der Waals surface area contributed by atoms with Crippen LogP contribution in [-0.2, 0) is 4.79 Å². The molecule has 0 radical (unpaired) electrons. The minimum absolute atomic E-state index is 0. The summed E-state index contributed by atoms with van der Waals surface area (Å²) in [5.74, 6) is 0.296. The number of halogens is 1. The summed E-state index contributed by atoms with van der Waals surface area (Å²) in [5.41, 5.74) is 2.91. The average Bonchev–Trinajstić information content (AvgIpc) is 2.70. The van der Waals surface area contributed by atoms with Crippen molar-refractivity contribution in [3.05, 3.63) is 65.2 Å². The first kappa shape index (κ1) is 27.0. The summed E-state index contributed by atoms with van der Waals surface area (Å²) in [6.45, 7) is 13.4. The van der Waals surface area contributed by atoms with E-state index in [1.165, 1.54) is 12.5 Å². The molecule has 0 bridgehead atoms. The normalized spacial score (nSPS) is 13.2. The zero-order valence-corrected chi connectivity index (χ0v) is 20.6. The van der Waals surface area contributed by atoms with Crippen molar-refractivity contribution in [2.75, 3.05) is 6.54 Å². The van der Waals surface area contributed by atoms with E-state index in [9.17, 15) is 9.90 Å². The Labute approximate surface area is 194 Å². The van der Waals surface area contributed by atoms with E-state index in [0.717, 1.165) is 30.5 Å². The Morgan fingerprint density at radius 2 is 1.55 bits per heavy atom. The molecule has 0 fully saturated rings. The fourth-order valence-electron chi connectivity index (χ4n) is 4.37. The maximum atomic E-state index is 11.6. The zero-order valence-electron chi connectivity index (χ0n) is 19.8. The topological polar surface area (TPSA) is 52.6 Å². The number of rotatable bonds is 10. The third kappa shape index (κ3) is 7.26. The van der Waals surface area contributed by atoms with Gasteiger partial charge in [-0.25, -0.2) is 0 Å². The van der Waals surface area contributed by atoms with Crippen LogP contribution in [0, 0.1) is 0 Å². The minimum atomic E-state index is -0.193. The van der Waals surface area contributed by atoms with Gasteiger partial charge in [0.05, 0.1) is 6.04 Å². The van der Waals surface area contributed by atoms with Crippen LogP contribution in [0.3, 0.4) is 0 Å². The molecular weight excluding hydrogens is 408 g/mol. The molecule has 0 saturated carbocycles. The van der Waals surface area contributed by atoms with Gasteiger partial charge in [0, 0.05) is 36.1 Å². The number of amides is 1. The summed E-state index contributed by atoms with van der Waals surface area (Å²) in [5, 5.41) is 14.2. The second-order valence-corrected chi connectivity index (χ2v) is 8.62. The van der Waals surface area contributed by atoms with E-state index >= 15 is 0 Å². The van der Waals surface area contributed by atoms with Crippen LogP contribution in [0.15, 0.2) is 48.5 Å². The molecule has 2 atom stereocenters. The lowest BCUT2D eigenvalue weighted by molar-refractivity contribution is -0.119. The molecule has 0 aliphatic heterocycles. The van der Waals surface area contributed by atoms with E-state index in [1.807, 2.05) is 31.2 Å². The van der Waals surface area contributed by atoms with Crippen LogP contribution in [0.1, 0.15) is 83.0 Å². The molecule has 0 spiro atoms. The monoisotopic (exact) mass is 446 g/mol. The highest BCUT2D eigenvalue weighted by molar-refractivity contribution is 5.85. The second kappa shape index (κ2) is 12.7. The number of nitrogens with one attached hydrogen (secondary N) is 1. The molecule has 1 amide bonds. The molecule has 0 aliphatic carbocycles. The van der Waals surface area contributed by atoms with E-state index in [4.69, 9.17) is 0 Å². The summed E-state index contributed by atoms with van der Waals surface area (Å²) in [7, 11) is 0. The number of nitrogens with zero attached hydrogens (tertiary/aromatic N) is 1. The van der Waals surface area contributed by atoms with Gasteiger partial charge >= 0.3 is 0 Å². The van der Waals surface area contributed by atoms with E-state index in [0.29, 0.717) is 17.8 Å². The van der Waals surface area contributed by atoms with Crippen LogP contribution in [0.5, 0.6) is 5.75 Å². The predicted octanol–water partition coefficient (Wildman–Crippen LogP) is 6.04. The SMILES string of the molecule is CCC(NC(C)=O)c1cccc(C(CCN(C(C)C)C(C)C)c2ccccc2)c1O.Cl. The summed E-state index contributed by atoms with van der Waals surface area (Å²) in [6, 6.07) is 17.1. The number of carbonyl (C=O) groups is 1. The van der Waals surface area contributed by atoms with Crippen molar-refractivity contribution in [2.45, 2.75) is 78.4 Å². The van der Waals surface area contributed by atoms with E-state index in [-0.39, 0.29) is 30.3 Å². The first-order chi connectivity index (χ1) is 14.3. The summed E-state index contributed by atoms with van der Waals surface area (Å²) < 4.78 is 0. The summed E-state index contributed by atoms with van der Waals surface area (Å²) in [6.07, 6.45) is 1.63. The maximum Gasteiger partial charge on any atom is 0.217 e. The van der Waals surface area contributed by atoms with Crippen LogP contribution < -0.4 is 5.32 Å². The molecule has 2 rings (SSSR count). The van der Waals surface area contributed by atoms with Gasteiger partial charge < -0.3 is 10.4 Å². The van der Waals surface area contributed by atoms with Gasteiger partial charge in [-0.1, -0.05) is 55.5 Å². The van der Waals surface area contributed by atoms with Gasteiger partial charge in [0.15, 0.2) is 0 Å². The van der Waals surface area contributed by atoms with Crippen molar-refractivity contribution in [2.24, 2.45) is 0 Å². The van der Waals surface area contributed by atoms with Crippen molar-refractivity contribution in [3.8, 4) is 5.75 Å². The van der Waals surface area contributed by atoms with Crippen LogP contribution >= 0.6 is 12.4 Å². The van der Waals surface area contributed by atoms with Gasteiger partial charge in [-0.2, -0.15) is 0 Å². The molecule has 0 aromatic heterocycles. The van der Waals surface area contributed by atoms with E-state index < -0.39 is 0 Å². The summed E-state index contributed by atoms with van der Waals surface area (Å²) in [4.78, 5) is 14.1. The number of hydrogen-bond donors (Lipinski definition) is 2. The third-order valence-corrected chi connectivity index (χ3v) is 5.84. The molecule has 2 unspecified atom stereocenters. The standard InChI is InChI=1S/C26H38N2O2.ClH/c1-7-25(27-20(6)29)24-15-11-14-23(26(24)30)22(21-12-9-8-10-13-21)16-17-28(18(2)3)19(4)5;/h8-15,18-19,22,25,30H,7,16-17H2,1-6H3,(H,27,29);1H. The zero-order chi connectivity index (χ0) is 22.3. The average molecular weight is 447 g/mol. The van der Waals surface area contributed by atoms with Crippen molar-refractivity contribution in [1.82, 2.24) is 10.2 Å². The molecular formula is C26H39ClN2O2. The highest BCUT2D eigenvalue weighted by atomic mass is 35.5. The van der Waals surface area contributed by atoms with Crippen LogP contribution in [0.4, 0.5) is 0 Å². The molecule has 0 saturated heterocycles. The number of carbonyl (C=O) groups excluding carboxylic acids is 1. The van der Waals surface area contributed by atoms with E-state index in [2.05, 4.69) is 62.2 Å². The quantitative estimate of drug-likeness (QED) is 0.467. The molecule has 31 heavy (non-hydrogen) atoms. The first-order valence-corrected chi connectivity index (χ1v) is 11.2. The Morgan fingerprint density at radius 3 is 2.06 bits per heavy atom. The van der Waals surface area contributed by atoms with Gasteiger partial charge in [0.25, 0.3) is 0 Å². The Bertz CT molecular complexity index is 800. The Kier molecular flexibility index (Phi) is 11.1. The number of para-hydroxylation sites is 1. The fourth-order valence-corrected chi connectivity index (χ4v) is 4.37. The third-order valence-electron chi connectivity index (χ3n) is 5.84. The van der Waals surface area contributed by atoms with Crippen molar-refractivity contribution in [3.63, 3.8) is 0 Å². The Morgan fingerprint density at radius 1 is 0.968 bits per heavy atom. The van der Waals surface area contributed by atoms with Gasteiger partial charge in [0.2, 0.25) is 5.91 Å². The van der Waals surface area contributed by atoms with Crippen LogP contribution in [-0.4, -0.2) is 34.5 Å². The number of hydrogen-bond acceptors (Lipinski definition) is 3. The smallest absolute Gasteiger partial charge is 0.217 e. The van der Waals surface area contributed by atoms with Gasteiger partial charge in [-0.3, -0.25) is 9.69 Å². The lowest BCUT2D eigenvalue weighted by Crippen LogP contribution is -2.38. The molecule has 2 aromatic carbocycles. The molecule has 4 nitrogen and oxygen atoms in total. The number of benzene rings is 2. The molecule has 0 heterocycles. The molecule has 5 heteroatoms. The van der Waals surface area contributed by atoms with Gasteiger partial charge in [-0.15, -0.1) is 12.4 Å². The number of aromatic hydroxyl groups is 1. The predicted molar refractivity (Wildman–Crippen MR) is 132 cm³/mol. The number of phenolic OH excluding ortho intramolecular Hbond substituents is 1. The van der Waals surface area contributed by atoms with Crippen molar-refractivity contribution < 1.29 is 9.90 Å². The largest absolute Gasteiger partial charge is 0.507 e. The minimum Gasteiger partial charge on any atom is -0.507 e. The van der Waals surface area contributed by atoms with Crippen molar-refractivity contribution in [1.29, 1.82) is 0 Å². The van der Waals surface area contributed by atoms with E-state index in [1.54, 1.807) is 0 Å². The first-order valence-electron chi connectivity index (χ1n) is 11.2. The molecule has 0 aliphatic rings. The lowest BCUT2D eigenvalue weighted by atomic mass is 9.85. The van der Waals surface area contributed by atoms with Gasteiger partial charge in [-0.05, 0) is 52.6 Å². The summed E-state index contributed by atoms with van der Waals surface area (Å²) >= 11 is 0. The number of phenols is 1. The highest BCUT2D eigenvalue weighted by Gasteiger charge is 2.24. The van der Waals surface area contributed by atoms with Crippen molar-refractivity contribution >= 4 is 18.3 Å². The van der Waals surface area contributed by atoms with Crippen LogP contribution in [0.25, 0.3) is 0 Å². The molecule has 2 aromatic rings.